The molecule has 0 saturated carbocycles. The van der Waals surface area contributed by atoms with Gasteiger partial charge in [0.25, 0.3) is 5.91 Å². The van der Waals surface area contributed by atoms with Crippen molar-refractivity contribution in [2.45, 2.75) is 13.8 Å². The van der Waals surface area contributed by atoms with E-state index in [2.05, 4.69) is 36.4 Å². The molecule has 0 aliphatic rings. The van der Waals surface area contributed by atoms with Gasteiger partial charge >= 0.3 is 0 Å². The Morgan fingerprint density at radius 3 is 2.63 bits per heavy atom. The van der Waals surface area contributed by atoms with Crippen molar-refractivity contribution in [1.29, 1.82) is 0 Å². The number of benzene rings is 1. The summed E-state index contributed by atoms with van der Waals surface area (Å²) in [6.45, 7) is 3.53. The quantitative estimate of drug-likeness (QED) is 0.922. The molecule has 1 aromatic carbocycles. The first-order valence-corrected chi connectivity index (χ1v) is 6.21. The third kappa shape index (κ3) is 3.11. The molecule has 0 radical (unpaired) electrons. The number of rotatable bonds is 2. The van der Waals surface area contributed by atoms with E-state index in [4.69, 9.17) is 0 Å². The van der Waals surface area contributed by atoms with E-state index in [-0.39, 0.29) is 11.5 Å². The summed E-state index contributed by atoms with van der Waals surface area (Å²) in [6.07, 6.45) is 0. The van der Waals surface area contributed by atoms with Gasteiger partial charge in [0.2, 0.25) is 5.95 Å². The molecule has 5 nitrogen and oxygen atoms in total. The summed E-state index contributed by atoms with van der Waals surface area (Å²) >= 11 is 3.02. The lowest BCUT2D eigenvalue weighted by molar-refractivity contribution is 0.102. The summed E-state index contributed by atoms with van der Waals surface area (Å²) in [7, 11) is 0. The van der Waals surface area contributed by atoms with Gasteiger partial charge in [-0.05, 0) is 48.0 Å². The maximum absolute atomic E-state index is 13.3. The van der Waals surface area contributed by atoms with Crippen LogP contribution in [0.15, 0.2) is 22.7 Å². The van der Waals surface area contributed by atoms with Gasteiger partial charge in [-0.2, -0.15) is 5.10 Å². The van der Waals surface area contributed by atoms with Crippen LogP contribution in [0.4, 0.5) is 10.3 Å². The first kappa shape index (κ1) is 13.5. The van der Waals surface area contributed by atoms with Crippen LogP contribution >= 0.6 is 15.9 Å². The summed E-state index contributed by atoms with van der Waals surface area (Å²) in [5.41, 5.74) is 1.54. The molecule has 0 aliphatic carbocycles. The van der Waals surface area contributed by atoms with Gasteiger partial charge in [0.05, 0.1) is 15.9 Å². The van der Waals surface area contributed by atoms with Gasteiger partial charge in [0.1, 0.15) is 5.82 Å². The molecule has 0 bridgehead atoms. The number of aromatic nitrogens is 3. The second kappa shape index (κ2) is 5.40. The van der Waals surface area contributed by atoms with Gasteiger partial charge in [-0.15, -0.1) is 5.10 Å². The summed E-state index contributed by atoms with van der Waals surface area (Å²) in [5, 5.41) is 10.1. The number of hydrogen-bond donors (Lipinski definition) is 1. The first-order valence-electron chi connectivity index (χ1n) is 5.41. The zero-order valence-corrected chi connectivity index (χ0v) is 11.8. The van der Waals surface area contributed by atoms with Crippen molar-refractivity contribution < 1.29 is 9.18 Å². The van der Waals surface area contributed by atoms with Gasteiger partial charge in [-0.1, -0.05) is 0 Å². The van der Waals surface area contributed by atoms with Crippen molar-refractivity contribution in [2.24, 2.45) is 0 Å². The molecule has 1 heterocycles. The summed E-state index contributed by atoms with van der Waals surface area (Å²) in [6, 6.07) is 4.09. The lowest BCUT2D eigenvalue weighted by Gasteiger charge is -2.05. The number of nitrogens with one attached hydrogen (secondary N) is 1. The van der Waals surface area contributed by atoms with Gasteiger partial charge in [0, 0.05) is 5.56 Å². The Bertz CT molecular complexity index is 648. The van der Waals surface area contributed by atoms with Crippen molar-refractivity contribution in [2.75, 3.05) is 5.32 Å². The molecule has 98 valence electrons. The van der Waals surface area contributed by atoms with Gasteiger partial charge < -0.3 is 0 Å². The Kier molecular flexibility index (Phi) is 3.84. The van der Waals surface area contributed by atoms with E-state index in [9.17, 15) is 9.18 Å². The van der Waals surface area contributed by atoms with Gasteiger partial charge in [-0.25, -0.2) is 9.37 Å². The molecule has 19 heavy (non-hydrogen) atoms. The molecule has 0 aliphatic heterocycles. The largest absolute Gasteiger partial charge is 0.289 e. The highest BCUT2D eigenvalue weighted by Crippen LogP contribution is 2.17. The zero-order chi connectivity index (χ0) is 14.0. The van der Waals surface area contributed by atoms with Crippen molar-refractivity contribution in [1.82, 2.24) is 15.2 Å². The number of aryl methyl sites for hydroxylation is 2. The minimum Gasteiger partial charge on any atom is -0.289 e. The number of nitrogens with zero attached hydrogens (tertiary/aromatic N) is 3. The minimum absolute atomic E-state index is 0.0939. The molecular weight excluding hydrogens is 315 g/mol. The van der Waals surface area contributed by atoms with E-state index in [1.807, 2.05) is 0 Å². The molecule has 0 atom stereocenters. The van der Waals surface area contributed by atoms with Gasteiger partial charge in [0.15, 0.2) is 0 Å². The second-order valence-corrected chi connectivity index (χ2v) is 4.74. The molecule has 1 amide bonds. The summed E-state index contributed by atoms with van der Waals surface area (Å²) in [4.78, 5) is 15.9. The monoisotopic (exact) mass is 324 g/mol. The van der Waals surface area contributed by atoms with Crippen LogP contribution in [-0.2, 0) is 0 Å². The fourth-order valence-corrected chi connectivity index (χ4v) is 1.57. The lowest BCUT2D eigenvalue weighted by atomic mass is 10.2. The summed E-state index contributed by atoms with van der Waals surface area (Å²) in [5.74, 6) is -0.903. The Morgan fingerprint density at radius 2 is 2.00 bits per heavy atom. The average Bonchev–Trinajstić information content (AvgIpc) is 2.37. The van der Waals surface area contributed by atoms with Crippen molar-refractivity contribution in [3.63, 3.8) is 0 Å². The molecule has 0 unspecified atom stereocenters. The fourth-order valence-electron chi connectivity index (χ4n) is 1.32. The first-order chi connectivity index (χ1) is 8.97. The number of halogens is 2. The average molecular weight is 325 g/mol. The Balaban J connectivity index is 2.20. The Hall–Kier alpha value is -1.89. The number of carbonyl (C=O) groups is 1. The number of amides is 1. The second-order valence-electron chi connectivity index (χ2n) is 3.89. The topological polar surface area (TPSA) is 67.8 Å². The molecular formula is C12H10BrFN4O. The van der Waals surface area contributed by atoms with Crippen molar-refractivity contribution >= 4 is 27.8 Å². The SMILES string of the molecule is Cc1nnc(NC(=O)c2ccc(Br)c(F)c2)nc1C. The van der Waals surface area contributed by atoms with E-state index in [0.29, 0.717) is 15.9 Å². The van der Waals surface area contributed by atoms with Crippen LogP contribution in [0.5, 0.6) is 0 Å². The van der Waals surface area contributed by atoms with Crippen LogP contribution in [0.25, 0.3) is 0 Å². The van der Waals surface area contributed by atoms with E-state index in [1.54, 1.807) is 13.8 Å². The third-order valence-corrected chi connectivity index (χ3v) is 3.14. The number of carbonyl (C=O) groups excluding carboxylic acids is 1. The van der Waals surface area contributed by atoms with E-state index in [0.717, 1.165) is 6.07 Å². The molecule has 0 fully saturated rings. The van der Waals surface area contributed by atoms with Crippen LogP contribution in [0.3, 0.4) is 0 Å². The molecule has 2 rings (SSSR count). The molecule has 2 aromatic rings. The standard InChI is InChI=1S/C12H10BrFN4O/c1-6-7(2)17-18-12(15-6)16-11(19)8-3-4-9(13)10(14)5-8/h3-5H,1-2H3,(H,15,16,18,19). The number of anilines is 1. The Labute approximate surface area is 117 Å². The molecule has 1 N–H and O–H groups in total. The minimum atomic E-state index is -0.508. The summed E-state index contributed by atoms with van der Waals surface area (Å²) < 4.78 is 13.6. The maximum Gasteiger partial charge on any atom is 0.258 e. The normalized spacial score (nSPS) is 10.3. The van der Waals surface area contributed by atoms with E-state index in [1.165, 1.54) is 12.1 Å². The third-order valence-electron chi connectivity index (χ3n) is 2.50. The van der Waals surface area contributed by atoms with Crippen molar-refractivity contribution in [3.05, 3.63) is 45.4 Å². The van der Waals surface area contributed by atoms with Crippen LogP contribution in [0.2, 0.25) is 0 Å². The van der Waals surface area contributed by atoms with Crippen LogP contribution in [0, 0.1) is 19.7 Å². The van der Waals surface area contributed by atoms with Crippen LogP contribution in [0.1, 0.15) is 21.7 Å². The smallest absolute Gasteiger partial charge is 0.258 e. The van der Waals surface area contributed by atoms with E-state index < -0.39 is 11.7 Å². The molecule has 1 aromatic heterocycles. The fraction of sp³-hybridized carbons (Fsp3) is 0.167. The highest BCUT2D eigenvalue weighted by molar-refractivity contribution is 9.10. The molecule has 0 saturated heterocycles. The van der Waals surface area contributed by atoms with E-state index >= 15 is 0 Å². The Morgan fingerprint density at radius 1 is 1.26 bits per heavy atom. The lowest BCUT2D eigenvalue weighted by Crippen LogP contribution is -2.15. The van der Waals surface area contributed by atoms with Gasteiger partial charge in [-0.3, -0.25) is 10.1 Å². The highest BCUT2D eigenvalue weighted by Gasteiger charge is 2.11. The molecule has 7 heteroatoms. The number of hydrogen-bond acceptors (Lipinski definition) is 4. The van der Waals surface area contributed by atoms with Crippen molar-refractivity contribution in [3.8, 4) is 0 Å². The zero-order valence-electron chi connectivity index (χ0n) is 10.2. The predicted molar refractivity (Wildman–Crippen MR) is 71.4 cm³/mol. The molecule has 0 spiro atoms. The van der Waals surface area contributed by atoms with Crippen LogP contribution < -0.4 is 5.32 Å². The van der Waals surface area contributed by atoms with Crippen LogP contribution in [-0.4, -0.2) is 21.1 Å². The highest BCUT2D eigenvalue weighted by atomic mass is 79.9. The maximum atomic E-state index is 13.3. The predicted octanol–water partition coefficient (Wildman–Crippen LogP) is 2.64.